The van der Waals surface area contributed by atoms with Crippen molar-refractivity contribution in [2.45, 2.75) is 37.1 Å². The van der Waals surface area contributed by atoms with Crippen LogP contribution in [0.25, 0.3) is 0 Å². The second-order valence-electron chi connectivity index (χ2n) is 3.02. The van der Waals surface area contributed by atoms with Crippen LogP contribution in [-0.4, -0.2) is 29.9 Å². The van der Waals surface area contributed by atoms with Gasteiger partial charge in [-0.25, -0.2) is 0 Å². The Morgan fingerprint density at radius 2 is 2.33 bits per heavy atom. The maximum Gasteiger partial charge on any atom is 0.309 e. The van der Waals surface area contributed by atoms with E-state index < -0.39 is 0 Å². The molecular weight excluding hydrogens is 176 g/mol. The van der Waals surface area contributed by atoms with Crippen LogP contribution >= 0.6 is 11.8 Å². The molecule has 1 aliphatic heterocycles. The fourth-order valence-corrected chi connectivity index (χ4v) is 2.40. The summed E-state index contributed by atoms with van der Waals surface area (Å²) in [5, 5.41) is 0.671. The lowest BCUT2D eigenvalue weighted by molar-refractivity contribution is -0.157. The summed E-state index contributed by atoms with van der Waals surface area (Å²) >= 11 is 1.73. The first kappa shape index (κ1) is 9.86. The Kier molecular flexibility index (Phi) is 3.40. The number of carbonyl (C=O) groups is 1. The summed E-state index contributed by atoms with van der Waals surface area (Å²) in [6.45, 7) is 4.19. The van der Waals surface area contributed by atoms with E-state index in [9.17, 15) is 4.79 Å². The fraction of sp³-hybridized carbons (Fsp3) is 0.875. The van der Waals surface area contributed by atoms with Crippen LogP contribution < -0.4 is 0 Å². The summed E-state index contributed by atoms with van der Waals surface area (Å²) in [4.78, 5) is 10.9. The highest BCUT2D eigenvalue weighted by Gasteiger charge is 2.35. The summed E-state index contributed by atoms with van der Waals surface area (Å²) in [6, 6.07) is 0. The first-order valence-electron chi connectivity index (χ1n) is 4.01. The number of rotatable bonds is 3. The summed E-state index contributed by atoms with van der Waals surface area (Å²) in [6.07, 6.45) is 0.131. The van der Waals surface area contributed by atoms with Gasteiger partial charge in [0.05, 0.1) is 11.7 Å². The van der Waals surface area contributed by atoms with Gasteiger partial charge in [-0.1, -0.05) is 13.8 Å². The highest BCUT2D eigenvalue weighted by atomic mass is 32.2. The molecule has 0 aliphatic carbocycles. The van der Waals surface area contributed by atoms with Crippen LogP contribution in [0.15, 0.2) is 0 Å². The third-order valence-corrected chi connectivity index (χ3v) is 2.88. The van der Waals surface area contributed by atoms with Crippen molar-refractivity contribution in [1.82, 2.24) is 0 Å². The van der Waals surface area contributed by atoms with Crippen LogP contribution in [0, 0.1) is 0 Å². The molecule has 0 saturated carbocycles. The molecule has 0 amide bonds. The Morgan fingerprint density at radius 1 is 1.67 bits per heavy atom. The van der Waals surface area contributed by atoms with Crippen molar-refractivity contribution in [2.24, 2.45) is 0 Å². The van der Waals surface area contributed by atoms with Crippen molar-refractivity contribution in [3.05, 3.63) is 0 Å². The number of ether oxygens (including phenoxy) is 2. The number of esters is 1. The zero-order valence-corrected chi connectivity index (χ0v) is 8.39. The van der Waals surface area contributed by atoms with Crippen molar-refractivity contribution in [3.8, 4) is 0 Å². The molecule has 0 bridgehead atoms. The SMILES string of the molecule is CO[C@@H]1OC(=O)C[C@H]1SC(C)C. The van der Waals surface area contributed by atoms with Gasteiger partial charge in [0, 0.05) is 7.11 Å². The molecular formula is C8H14O3S. The van der Waals surface area contributed by atoms with E-state index in [1.165, 1.54) is 0 Å². The fourth-order valence-electron chi connectivity index (χ4n) is 1.18. The van der Waals surface area contributed by atoms with Crippen molar-refractivity contribution >= 4 is 17.7 Å². The molecule has 1 heterocycles. The third kappa shape index (κ3) is 2.38. The molecule has 2 atom stereocenters. The number of thioether (sulfide) groups is 1. The van der Waals surface area contributed by atoms with Gasteiger partial charge in [-0.05, 0) is 5.25 Å². The number of hydrogen-bond acceptors (Lipinski definition) is 4. The highest BCUT2D eigenvalue weighted by Crippen LogP contribution is 2.30. The van der Waals surface area contributed by atoms with Gasteiger partial charge in [-0.15, -0.1) is 11.8 Å². The Labute approximate surface area is 76.8 Å². The Morgan fingerprint density at radius 3 is 2.83 bits per heavy atom. The second-order valence-corrected chi connectivity index (χ2v) is 4.84. The topological polar surface area (TPSA) is 35.5 Å². The normalized spacial score (nSPS) is 29.5. The van der Waals surface area contributed by atoms with E-state index >= 15 is 0 Å². The molecule has 1 rings (SSSR count). The van der Waals surface area contributed by atoms with Crippen LogP contribution in [0.4, 0.5) is 0 Å². The number of hydrogen-bond donors (Lipinski definition) is 0. The van der Waals surface area contributed by atoms with Gasteiger partial charge in [0.15, 0.2) is 0 Å². The van der Waals surface area contributed by atoms with Gasteiger partial charge in [0.1, 0.15) is 0 Å². The molecule has 0 spiro atoms. The number of methoxy groups -OCH3 is 1. The molecule has 1 aliphatic rings. The molecule has 0 aromatic carbocycles. The van der Waals surface area contributed by atoms with Crippen LogP contribution in [0.5, 0.6) is 0 Å². The van der Waals surface area contributed by atoms with Crippen molar-refractivity contribution < 1.29 is 14.3 Å². The Hall–Kier alpha value is -0.220. The highest BCUT2D eigenvalue weighted by molar-refractivity contribution is 8.00. The maximum absolute atomic E-state index is 10.9. The van der Waals surface area contributed by atoms with Gasteiger partial charge in [0.2, 0.25) is 6.29 Å². The summed E-state index contributed by atoms with van der Waals surface area (Å²) < 4.78 is 9.97. The minimum Gasteiger partial charge on any atom is -0.434 e. The smallest absolute Gasteiger partial charge is 0.309 e. The van der Waals surface area contributed by atoms with E-state index in [0.717, 1.165) is 0 Å². The molecule has 0 radical (unpaired) electrons. The third-order valence-electron chi connectivity index (χ3n) is 1.60. The molecule has 70 valence electrons. The molecule has 1 saturated heterocycles. The average Bonchev–Trinajstić information content (AvgIpc) is 2.29. The lowest BCUT2D eigenvalue weighted by Gasteiger charge is -2.16. The minimum atomic E-state index is -0.343. The minimum absolute atomic E-state index is 0.153. The molecule has 3 nitrogen and oxygen atoms in total. The summed E-state index contributed by atoms with van der Waals surface area (Å²) in [5.74, 6) is -0.153. The van der Waals surface area contributed by atoms with E-state index in [-0.39, 0.29) is 17.5 Å². The molecule has 0 aromatic heterocycles. The zero-order valence-electron chi connectivity index (χ0n) is 7.57. The summed E-state index contributed by atoms with van der Waals surface area (Å²) in [7, 11) is 1.57. The van der Waals surface area contributed by atoms with Crippen LogP contribution in [0.3, 0.4) is 0 Å². The number of carbonyl (C=O) groups excluding carboxylic acids is 1. The monoisotopic (exact) mass is 190 g/mol. The van der Waals surface area contributed by atoms with E-state index in [1.807, 2.05) is 0 Å². The molecule has 0 N–H and O–H groups in total. The first-order valence-corrected chi connectivity index (χ1v) is 4.95. The standard InChI is InChI=1S/C8H14O3S/c1-5(2)12-6-4-7(9)11-8(6)10-3/h5-6,8H,4H2,1-3H3/t6-,8-/m1/s1. The maximum atomic E-state index is 10.9. The van der Waals surface area contributed by atoms with E-state index in [1.54, 1.807) is 18.9 Å². The summed E-state index contributed by atoms with van der Waals surface area (Å²) in [5.41, 5.74) is 0. The van der Waals surface area contributed by atoms with Gasteiger partial charge in [-0.2, -0.15) is 0 Å². The quantitative estimate of drug-likeness (QED) is 0.630. The largest absolute Gasteiger partial charge is 0.434 e. The molecule has 1 fully saturated rings. The Bertz CT molecular complexity index is 170. The van der Waals surface area contributed by atoms with Gasteiger partial charge in [-0.3, -0.25) is 4.79 Å². The predicted octanol–water partition coefficient (Wildman–Crippen LogP) is 1.42. The lowest BCUT2D eigenvalue weighted by Crippen LogP contribution is -2.21. The molecule has 4 heteroatoms. The average molecular weight is 190 g/mol. The molecule has 12 heavy (non-hydrogen) atoms. The zero-order chi connectivity index (χ0) is 9.14. The molecule has 0 unspecified atom stereocenters. The Balaban J connectivity index is 2.46. The van der Waals surface area contributed by atoms with Gasteiger partial charge < -0.3 is 9.47 Å². The van der Waals surface area contributed by atoms with Crippen molar-refractivity contribution in [2.75, 3.05) is 7.11 Å². The van der Waals surface area contributed by atoms with E-state index in [0.29, 0.717) is 11.7 Å². The van der Waals surface area contributed by atoms with E-state index in [2.05, 4.69) is 13.8 Å². The predicted molar refractivity (Wildman–Crippen MR) is 48.0 cm³/mol. The first-order chi connectivity index (χ1) is 5.63. The van der Waals surface area contributed by atoms with E-state index in [4.69, 9.17) is 9.47 Å². The van der Waals surface area contributed by atoms with Gasteiger partial charge >= 0.3 is 5.97 Å². The second kappa shape index (κ2) is 4.14. The van der Waals surface area contributed by atoms with Crippen LogP contribution in [0.1, 0.15) is 20.3 Å². The van der Waals surface area contributed by atoms with Crippen molar-refractivity contribution in [1.29, 1.82) is 0 Å². The van der Waals surface area contributed by atoms with Gasteiger partial charge in [0.25, 0.3) is 0 Å². The lowest BCUT2D eigenvalue weighted by atomic mass is 10.3. The van der Waals surface area contributed by atoms with Crippen LogP contribution in [-0.2, 0) is 14.3 Å². The molecule has 0 aromatic rings. The van der Waals surface area contributed by atoms with Crippen molar-refractivity contribution in [3.63, 3.8) is 0 Å². The van der Waals surface area contributed by atoms with Crippen LogP contribution in [0.2, 0.25) is 0 Å². The number of cyclic esters (lactones) is 1.